The van der Waals surface area contributed by atoms with E-state index in [9.17, 15) is 9.59 Å². The van der Waals surface area contributed by atoms with Gasteiger partial charge in [0.1, 0.15) is 6.54 Å². The van der Waals surface area contributed by atoms with Crippen LogP contribution < -0.4 is 10.7 Å². The van der Waals surface area contributed by atoms with Crippen LogP contribution in [0.4, 0.5) is 5.69 Å². The van der Waals surface area contributed by atoms with Crippen molar-refractivity contribution in [1.82, 2.24) is 4.57 Å². The van der Waals surface area contributed by atoms with Crippen LogP contribution in [0.1, 0.15) is 5.56 Å². The zero-order valence-corrected chi connectivity index (χ0v) is 14.4. The molecule has 0 spiro atoms. The zero-order valence-electron chi connectivity index (χ0n) is 12.8. The molecule has 0 radical (unpaired) electrons. The average molecular weight is 361 g/mol. The van der Waals surface area contributed by atoms with E-state index in [0.717, 1.165) is 5.56 Å². The highest BCUT2D eigenvalue weighted by atomic mass is 35.5. The van der Waals surface area contributed by atoms with Gasteiger partial charge in [-0.25, -0.2) is 0 Å². The maximum absolute atomic E-state index is 12.4. The van der Waals surface area contributed by atoms with Gasteiger partial charge in [-0.2, -0.15) is 0 Å². The summed E-state index contributed by atoms with van der Waals surface area (Å²) in [7, 11) is 0. The Labute approximate surface area is 148 Å². The van der Waals surface area contributed by atoms with Gasteiger partial charge in [-0.05, 0) is 42.8 Å². The first-order chi connectivity index (χ1) is 11.4. The van der Waals surface area contributed by atoms with E-state index in [2.05, 4.69) is 5.32 Å². The second-order valence-corrected chi connectivity index (χ2v) is 6.35. The minimum atomic E-state index is -0.208. The van der Waals surface area contributed by atoms with E-state index in [4.69, 9.17) is 23.2 Å². The van der Waals surface area contributed by atoms with Gasteiger partial charge in [0.05, 0.1) is 5.52 Å². The van der Waals surface area contributed by atoms with Gasteiger partial charge >= 0.3 is 0 Å². The number of anilines is 1. The second-order valence-electron chi connectivity index (χ2n) is 5.48. The smallest absolute Gasteiger partial charge is 0.244 e. The highest BCUT2D eigenvalue weighted by molar-refractivity contribution is 6.31. The zero-order chi connectivity index (χ0) is 17.3. The third kappa shape index (κ3) is 3.45. The Morgan fingerprint density at radius 2 is 1.79 bits per heavy atom. The maximum Gasteiger partial charge on any atom is 0.244 e. The number of benzene rings is 2. The minimum Gasteiger partial charge on any atom is -0.338 e. The highest BCUT2D eigenvalue weighted by Crippen LogP contribution is 2.21. The molecule has 1 aromatic heterocycles. The lowest BCUT2D eigenvalue weighted by atomic mass is 10.2. The molecular weight excluding hydrogens is 347 g/mol. The molecule has 0 aliphatic rings. The molecule has 0 saturated carbocycles. The Morgan fingerprint density at radius 3 is 2.58 bits per heavy atom. The third-order valence-electron chi connectivity index (χ3n) is 3.73. The minimum absolute atomic E-state index is 0.0738. The lowest BCUT2D eigenvalue weighted by molar-refractivity contribution is -0.116. The van der Waals surface area contributed by atoms with Gasteiger partial charge in [-0.3, -0.25) is 9.59 Å². The molecule has 1 heterocycles. The molecule has 4 nitrogen and oxygen atoms in total. The number of aryl methyl sites for hydroxylation is 1. The number of hydrogen-bond acceptors (Lipinski definition) is 2. The fourth-order valence-corrected chi connectivity index (χ4v) is 2.84. The fraction of sp³-hybridized carbons (Fsp3) is 0.111. The van der Waals surface area contributed by atoms with E-state index in [1.54, 1.807) is 41.1 Å². The number of rotatable bonds is 3. The molecule has 0 aliphatic heterocycles. The summed E-state index contributed by atoms with van der Waals surface area (Å²) < 4.78 is 1.71. The van der Waals surface area contributed by atoms with Crippen LogP contribution in [0.2, 0.25) is 10.0 Å². The van der Waals surface area contributed by atoms with Crippen molar-refractivity contribution in [3.05, 3.63) is 74.5 Å². The first kappa shape index (κ1) is 16.6. The number of pyridine rings is 1. The van der Waals surface area contributed by atoms with Crippen molar-refractivity contribution in [2.24, 2.45) is 0 Å². The van der Waals surface area contributed by atoms with Crippen LogP contribution in [0.3, 0.4) is 0 Å². The molecule has 0 atom stereocenters. The molecule has 3 rings (SSSR count). The van der Waals surface area contributed by atoms with Gasteiger partial charge in [-0.15, -0.1) is 0 Å². The molecule has 6 heteroatoms. The van der Waals surface area contributed by atoms with Gasteiger partial charge in [0, 0.05) is 33.4 Å². The monoisotopic (exact) mass is 360 g/mol. The van der Waals surface area contributed by atoms with Crippen molar-refractivity contribution in [3.8, 4) is 0 Å². The number of halogens is 2. The van der Waals surface area contributed by atoms with Crippen LogP contribution in [0.15, 0.2) is 53.5 Å². The predicted octanol–water partition coefficient (Wildman–Crippen LogP) is 4.26. The molecule has 122 valence electrons. The van der Waals surface area contributed by atoms with Crippen molar-refractivity contribution >= 4 is 45.7 Å². The summed E-state index contributed by atoms with van der Waals surface area (Å²) in [6, 6.07) is 11.8. The van der Waals surface area contributed by atoms with E-state index in [0.29, 0.717) is 26.6 Å². The lowest BCUT2D eigenvalue weighted by Crippen LogP contribution is -2.20. The Morgan fingerprint density at radius 1 is 1.08 bits per heavy atom. The molecule has 0 aliphatic carbocycles. The standard InChI is InChI=1S/C18H14Cl2N2O2/c1-11-2-3-13(20)9-15(11)21-18(24)10-22-7-6-17(23)14-8-12(19)4-5-16(14)22/h2-9H,10H2,1H3,(H,21,24). The number of aromatic nitrogens is 1. The van der Waals surface area contributed by atoms with Crippen molar-refractivity contribution in [1.29, 1.82) is 0 Å². The van der Waals surface area contributed by atoms with Crippen molar-refractivity contribution in [3.63, 3.8) is 0 Å². The summed E-state index contributed by atoms with van der Waals surface area (Å²) in [5, 5.41) is 4.36. The Balaban J connectivity index is 1.90. The van der Waals surface area contributed by atoms with Crippen LogP contribution in [-0.4, -0.2) is 10.5 Å². The number of carbonyl (C=O) groups is 1. The van der Waals surface area contributed by atoms with E-state index in [1.165, 1.54) is 6.07 Å². The summed E-state index contributed by atoms with van der Waals surface area (Å²) in [4.78, 5) is 24.3. The maximum atomic E-state index is 12.4. The largest absolute Gasteiger partial charge is 0.338 e. The van der Waals surface area contributed by atoms with Gasteiger partial charge in [0.15, 0.2) is 5.43 Å². The molecule has 24 heavy (non-hydrogen) atoms. The molecule has 1 N–H and O–H groups in total. The van der Waals surface area contributed by atoms with Gasteiger partial charge in [-0.1, -0.05) is 29.3 Å². The highest BCUT2D eigenvalue weighted by Gasteiger charge is 2.09. The SMILES string of the molecule is Cc1ccc(Cl)cc1NC(=O)Cn1ccc(=O)c2cc(Cl)ccc21. The second kappa shape index (κ2) is 6.67. The Hall–Kier alpha value is -2.30. The van der Waals surface area contributed by atoms with Gasteiger partial charge in [0.2, 0.25) is 5.91 Å². The molecule has 3 aromatic rings. The van der Waals surface area contributed by atoms with E-state index < -0.39 is 0 Å². The number of amides is 1. The van der Waals surface area contributed by atoms with Crippen molar-refractivity contribution in [2.75, 3.05) is 5.32 Å². The summed E-state index contributed by atoms with van der Waals surface area (Å²) in [6.45, 7) is 1.97. The first-order valence-corrected chi connectivity index (χ1v) is 8.04. The van der Waals surface area contributed by atoms with Gasteiger partial charge in [0.25, 0.3) is 0 Å². The quantitative estimate of drug-likeness (QED) is 0.758. The topological polar surface area (TPSA) is 51.1 Å². The van der Waals surface area contributed by atoms with Crippen LogP contribution in [0.5, 0.6) is 0 Å². The van der Waals surface area contributed by atoms with Crippen LogP contribution in [0.25, 0.3) is 10.9 Å². The summed E-state index contributed by atoms with van der Waals surface area (Å²) >= 11 is 11.9. The van der Waals surface area contributed by atoms with Crippen LogP contribution in [0, 0.1) is 6.92 Å². The Kier molecular flexibility index (Phi) is 4.60. The summed E-state index contributed by atoms with van der Waals surface area (Å²) in [5.41, 5.74) is 2.12. The summed E-state index contributed by atoms with van der Waals surface area (Å²) in [5.74, 6) is -0.208. The third-order valence-corrected chi connectivity index (χ3v) is 4.20. The molecule has 0 bridgehead atoms. The van der Waals surface area contributed by atoms with E-state index >= 15 is 0 Å². The summed E-state index contributed by atoms with van der Waals surface area (Å²) in [6.07, 6.45) is 1.60. The predicted molar refractivity (Wildman–Crippen MR) is 98.0 cm³/mol. The number of carbonyl (C=O) groups excluding carboxylic acids is 1. The van der Waals surface area contributed by atoms with Gasteiger partial charge < -0.3 is 9.88 Å². The first-order valence-electron chi connectivity index (χ1n) is 7.29. The normalized spacial score (nSPS) is 10.8. The van der Waals surface area contributed by atoms with Crippen molar-refractivity contribution in [2.45, 2.75) is 13.5 Å². The van der Waals surface area contributed by atoms with Crippen molar-refractivity contribution < 1.29 is 4.79 Å². The van der Waals surface area contributed by atoms with Crippen LogP contribution in [-0.2, 0) is 11.3 Å². The number of fused-ring (bicyclic) bond motifs is 1. The molecule has 0 unspecified atom stereocenters. The number of nitrogens with one attached hydrogen (secondary N) is 1. The fourth-order valence-electron chi connectivity index (χ4n) is 2.50. The Bertz CT molecular complexity index is 996. The molecular formula is C18H14Cl2N2O2. The molecule has 1 amide bonds. The number of nitrogens with zero attached hydrogens (tertiary/aromatic N) is 1. The average Bonchev–Trinajstić information content (AvgIpc) is 2.54. The number of hydrogen-bond donors (Lipinski definition) is 1. The van der Waals surface area contributed by atoms with Crippen LogP contribution >= 0.6 is 23.2 Å². The van der Waals surface area contributed by atoms with E-state index in [1.807, 2.05) is 13.0 Å². The van der Waals surface area contributed by atoms with E-state index in [-0.39, 0.29) is 17.9 Å². The molecule has 0 fully saturated rings. The lowest BCUT2D eigenvalue weighted by Gasteiger charge is -2.12. The molecule has 0 saturated heterocycles. The molecule has 2 aromatic carbocycles.